The second kappa shape index (κ2) is 14.8. The molecule has 14 heteroatoms. The van der Waals surface area contributed by atoms with Crippen LogP contribution < -0.4 is 10.6 Å². The minimum Gasteiger partial charge on any atom is -0.465 e. The Bertz CT molecular complexity index is 1700. The van der Waals surface area contributed by atoms with Gasteiger partial charge in [0.2, 0.25) is 11.8 Å². The zero-order valence-electron chi connectivity index (χ0n) is 28.1. The van der Waals surface area contributed by atoms with Crippen LogP contribution in [0.15, 0.2) is 60.9 Å². The van der Waals surface area contributed by atoms with E-state index in [9.17, 15) is 19.2 Å². The van der Waals surface area contributed by atoms with Gasteiger partial charge in [-0.3, -0.25) is 9.59 Å². The third-order valence-electron chi connectivity index (χ3n) is 9.40. The molecule has 4 aromatic rings. The first-order chi connectivity index (χ1) is 24.0. The molecule has 0 spiro atoms. The van der Waals surface area contributed by atoms with E-state index >= 15 is 0 Å². The van der Waals surface area contributed by atoms with Gasteiger partial charge < -0.3 is 40.6 Å². The van der Waals surface area contributed by atoms with E-state index in [0.717, 1.165) is 71.0 Å². The van der Waals surface area contributed by atoms with E-state index in [0.29, 0.717) is 13.1 Å². The van der Waals surface area contributed by atoms with Crippen molar-refractivity contribution in [2.75, 3.05) is 13.1 Å². The first-order valence-corrected chi connectivity index (χ1v) is 16.9. The minimum absolute atomic E-state index is 0.0960. The monoisotopic (exact) mass is 682 g/mol. The van der Waals surface area contributed by atoms with E-state index in [4.69, 9.17) is 10.2 Å². The molecule has 4 heterocycles. The van der Waals surface area contributed by atoms with Crippen LogP contribution in [0.25, 0.3) is 33.6 Å². The maximum atomic E-state index is 12.9. The Kier molecular flexibility index (Phi) is 10.2. The molecule has 14 nitrogen and oxygen atoms in total. The van der Waals surface area contributed by atoms with Crippen molar-refractivity contribution in [2.45, 2.75) is 76.5 Å². The van der Waals surface area contributed by atoms with Crippen molar-refractivity contribution < 1.29 is 29.4 Å². The quantitative estimate of drug-likeness (QED) is 0.118. The number of rotatable bonds is 11. The standard InChI is InChI=1S/C36H42N8O6/c1-21(39-35(47)48)17-31(45)43-15-3-5-29(43)33-37-19-27(41-33)25-11-7-23(8-12-25)24-9-13-26(14-10-24)28-20-38-34(42-28)30-6-4-16-44(30)32(46)18-22(2)40-36(49)50/h7-14,19-22,29-30,39-40H,3-6,15-18H2,1-2H3,(H,37,41)(H,38,42)(H,47,48)(H,49,50)/t21-,22-,29?,30?/m0/s1. The second-order valence-corrected chi connectivity index (χ2v) is 13.1. The topological polar surface area (TPSA) is 197 Å². The molecular weight excluding hydrogens is 640 g/mol. The summed E-state index contributed by atoms with van der Waals surface area (Å²) in [6.07, 6.45) is 4.77. The van der Waals surface area contributed by atoms with Crippen LogP contribution in [0.5, 0.6) is 0 Å². The molecule has 2 aromatic carbocycles. The number of amides is 4. The van der Waals surface area contributed by atoms with Crippen LogP contribution in [0.3, 0.4) is 0 Å². The van der Waals surface area contributed by atoms with E-state index in [1.54, 1.807) is 36.0 Å². The molecule has 4 amide bonds. The predicted molar refractivity (Wildman–Crippen MR) is 185 cm³/mol. The van der Waals surface area contributed by atoms with Gasteiger partial charge in [0, 0.05) is 38.0 Å². The van der Waals surface area contributed by atoms with Crippen LogP contribution >= 0.6 is 0 Å². The summed E-state index contributed by atoms with van der Waals surface area (Å²) in [6, 6.07) is 15.1. The summed E-state index contributed by atoms with van der Waals surface area (Å²) in [6.45, 7) is 4.59. The molecule has 0 aliphatic carbocycles. The van der Waals surface area contributed by atoms with Crippen LogP contribution in [0.4, 0.5) is 9.59 Å². The molecule has 4 atom stereocenters. The van der Waals surface area contributed by atoms with Crippen LogP contribution in [-0.4, -0.2) is 89.1 Å². The molecule has 50 heavy (non-hydrogen) atoms. The first kappa shape index (κ1) is 34.2. The molecule has 0 bridgehead atoms. The number of carbonyl (C=O) groups excluding carboxylic acids is 2. The highest BCUT2D eigenvalue weighted by Gasteiger charge is 2.34. The second-order valence-electron chi connectivity index (χ2n) is 13.1. The van der Waals surface area contributed by atoms with Gasteiger partial charge in [-0.15, -0.1) is 0 Å². The zero-order valence-corrected chi connectivity index (χ0v) is 28.1. The molecule has 6 N–H and O–H groups in total. The van der Waals surface area contributed by atoms with E-state index < -0.39 is 24.3 Å². The molecule has 2 unspecified atom stereocenters. The zero-order chi connectivity index (χ0) is 35.4. The van der Waals surface area contributed by atoms with E-state index in [-0.39, 0.29) is 36.7 Å². The minimum atomic E-state index is -1.14. The first-order valence-electron chi connectivity index (χ1n) is 16.9. The fourth-order valence-corrected chi connectivity index (χ4v) is 6.97. The maximum absolute atomic E-state index is 12.9. The van der Waals surface area contributed by atoms with E-state index in [2.05, 4.69) is 54.8 Å². The van der Waals surface area contributed by atoms with E-state index in [1.807, 2.05) is 24.3 Å². The van der Waals surface area contributed by atoms with Crippen LogP contribution in [0.1, 0.15) is 76.1 Å². The number of carboxylic acid groups (broad SMARTS) is 2. The lowest BCUT2D eigenvalue weighted by Crippen LogP contribution is -2.38. The molecule has 6 rings (SSSR count). The smallest absolute Gasteiger partial charge is 0.404 e. The summed E-state index contributed by atoms with van der Waals surface area (Å²) in [5.41, 5.74) is 5.74. The van der Waals surface area contributed by atoms with Gasteiger partial charge in [0.1, 0.15) is 11.6 Å². The third-order valence-corrected chi connectivity index (χ3v) is 9.40. The van der Waals surface area contributed by atoms with E-state index in [1.165, 1.54) is 0 Å². The van der Waals surface area contributed by atoms with Crippen molar-refractivity contribution in [1.29, 1.82) is 0 Å². The van der Waals surface area contributed by atoms with Crippen molar-refractivity contribution in [2.24, 2.45) is 0 Å². The highest BCUT2D eigenvalue weighted by atomic mass is 16.4. The number of H-pyrrole nitrogens is 2. The summed E-state index contributed by atoms with van der Waals surface area (Å²) < 4.78 is 0. The Hall–Kier alpha value is -5.66. The van der Waals surface area contributed by atoms with Crippen molar-refractivity contribution in [3.05, 3.63) is 72.6 Å². The summed E-state index contributed by atoms with van der Waals surface area (Å²) in [4.78, 5) is 67.3. The summed E-state index contributed by atoms with van der Waals surface area (Å²) in [5.74, 6) is 1.25. The maximum Gasteiger partial charge on any atom is 0.404 e. The number of hydrogen-bond acceptors (Lipinski definition) is 6. The fourth-order valence-electron chi connectivity index (χ4n) is 6.97. The van der Waals surface area contributed by atoms with Gasteiger partial charge in [-0.25, -0.2) is 19.6 Å². The molecule has 2 aliphatic rings. The number of nitrogens with one attached hydrogen (secondary N) is 4. The number of nitrogens with zero attached hydrogens (tertiary/aromatic N) is 4. The number of benzene rings is 2. The molecule has 2 fully saturated rings. The molecule has 2 aliphatic heterocycles. The van der Waals surface area contributed by atoms with Gasteiger partial charge in [-0.05, 0) is 61.8 Å². The normalized spacial score (nSPS) is 18.5. The van der Waals surface area contributed by atoms with Gasteiger partial charge >= 0.3 is 12.2 Å². The molecule has 0 saturated carbocycles. The molecule has 0 radical (unpaired) electrons. The van der Waals surface area contributed by atoms with Crippen LogP contribution in [0.2, 0.25) is 0 Å². The molecule has 2 saturated heterocycles. The van der Waals surface area contributed by atoms with Crippen LogP contribution in [0, 0.1) is 0 Å². The van der Waals surface area contributed by atoms with Crippen molar-refractivity contribution >= 4 is 24.0 Å². The largest absolute Gasteiger partial charge is 0.465 e. The average molecular weight is 683 g/mol. The number of carbonyl (C=O) groups is 4. The Balaban J connectivity index is 1.08. The molecule has 262 valence electrons. The van der Waals surface area contributed by atoms with Gasteiger partial charge in [-0.1, -0.05) is 48.5 Å². The third kappa shape index (κ3) is 7.80. The average Bonchev–Trinajstić information content (AvgIpc) is 3.90. The summed E-state index contributed by atoms with van der Waals surface area (Å²) in [7, 11) is 0. The Morgan fingerprint density at radius 3 is 1.40 bits per heavy atom. The summed E-state index contributed by atoms with van der Waals surface area (Å²) in [5, 5.41) is 22.6. The number of aromatic amines is 2. The van der Waals surface area contributed by atoms with Gasteiger partial charge in [0.25, 0.3) is 0 Å². The Labute approximate surface area is 289 Å². The molecule has 2 aromatic heterocycles. The van der Waals surface area contributed by atoms with Crippen molar-refractivity contribution in [3.63, 3.8) is 0 Å². The Morgan fingerprint density at radius 1 is 0.680 bits per heavy atom. The number of aromatic nitrogens is 4. The van der Waals surface area contributed by atoms with Gasteiger partial charge in [0.15, 0.2) is 0 Å². The number of hydrogen-bond donors (Lipinski definition) is 6. The lowest BCUT2D eigenvalue weighted by molar-refractivity contribution is -0.133. The van der Waals surface area contributed by atoms with Gasteiger partial charge in [0.05, 0.1) is 35.9 Å². The van der Waals surface area contributed by atoms with Crippen molar-refractivity contribution in [3.8, 4) is 33.6 Å². The summed E-state index contributed by atoms with van der Waals surface area (Å²) >= 11 is 0. The van der Waals surface area contributed by atoms with Crippen molar-refractivity contribution in [1.82, 2.24) is 40.4 Å². The SMILES string of the molecule is C[C@@H](CC(=O)N1CCCC1c1ncc(-c2ccc(-c3ccc(-c4cnc(C5CCCN5C(=O)C[C@H](C)NC(=O)O)[nH]4)cc3)cc2)[nH]1)NC(=O)O. The van der Waals surface area contributed by atoms with Gasteiger partial charge in [-0.2, -0.15) is 0 Å². The highest BCUT2D eigenvalue weighted by molar-refractivity contribution is 5.79. The lowest BCUT2D eigenvalue weighted by atomic mass is 10.0. The highest BCUT2D eigenvalue weighted by Crippen LogP contribution is 2.34. The number of likely N-dealkylation sites (tertiary alicyclic amines) is 2. The Morgan fingerprint density at radius 2 is 1.04 bits per heavy atom. The fraction of sp³-hybridized carbons (Fsp3) is 0.389. The molecular formula is C36H42N8O6. The lowest BCUT2D eigenvalue weighted by Gasteiger charge is -2.24. The number of imidazole rings is 2. The predicted octanol–water partition coefficient (Wildman–Crippen LogP) is 5.55. The van der Waals surface area contributed by atoms with Crippen LogP contribution in [-0.2, 0) is 9.59 Å².